The van der Waals surface area contributed by atoms with Crippen LogP contribution in [-0.4, -0.2) is 33.4 Å². The Bertz CT molecular complexity index is 667. The fourth-order valence-corrected chi connectivity index (χ4v) is 2.26. The summed E-state index contributed by atoms with van der Waals surface area (Å²) in [6, 6.07) is 10.1. The number of imidazole rings is 1. The van der Waals surface area contributed by atoms with E-state index in [1.165, 1.54) is 5.56 Å². The standard InChI is InChI=1S/C15H15N5O/c16-10-19-7-13(8-19)15(21)18-14-9-20(11-17-14)6-12-4-2-1-3-5-12/h1-5,9,11,13H,6-8H2,(H,18,21). The number of benzene rings is 1. The summed E-state index contributed by atoms with van der Waals surface area (Å²) in [4.78, 5) is 17.7. The summed E-state index contributed by atoms with van der Waals surface area (Å²) in [5.41, 5.74) is 1.18. The Morgan fingerprint density at radius 3 is 2.86 bits per heavy atom. The van der Waals surface area contributed by atoms with E-state index >= 15 is 0 Å². The van der Waals surface area contributed by atoms with Crippen LogP contribution in [0.3, 0.4) is 0 Å². The number of likely N-dealkylation sites (tertiary alicyclic amines) is 1. The second kappa shape index (κ2) is 5.67. The molecule has 2 heterocycles. The highest BCUT2D eigenvalue weighted by Crippen LogP contribution is 2.16. The number of rotatable bonds is 4. The third kappa shape index (κ3) is 3.03. The van der Waals surface area contributed by atoms with Crippen molar-refractivity contribution in [3.63, 3.8) is 0 Å². The molecule has 1 aromatic heterocycles. The van der Waals surface area contributed by atoms with Crippen LogP contribution in [0.4, 0.5) is 5.82 Å². The van der Waals surface area contributed by atoms with E-state index in [0.717, 1.165) is 6.54 Å². The number of hydrogen-bond donors (Lipinski definition) is 1. The molecular formula is C15H15N5O. The third-order valence-corrected chi connectivity index (χ3v) is 3.49. The van der Waals surface area contributed by atoms with E-state index in [2.05, 4.69) is 10.3 Å². The highest BCUT2D eigenvalue weighted by Gasteiger charge is 2.32. The molecule has 1 aromatic carbocycles. The first-order chi connectivity index (χ1) is 10.2. The number of carbonyl (C=O) groups excluding carboxylic acids is 1. The summed E-state index contributed by atoms with van der Waals surface area (Å²) in [5.74, 6) is 0.349. The summed E-state index contributed by atoms with van der Waals surface area (Å²) in [5, 5.41) is 11.4. The molecule has 6 heteroatoms. The summed E-state index contributed by atoms with van der Waals surface area (Å²) in [7, 11) is 0. The molecule has 106 valence electrons. The Hall–Kier alpha value is -2.81. The number of anilines is 1. The van der Waals surface area contributed by atoms with E-state index in [1.807, 2.05) is 47.3 Å². The van der Waals surface area contributed by atoms with Gasteiger partial charge in [0.1, 0.15) is 0 Å². The minimum Gasteiger partial charge on any atom is -0.331 e. The number of nitriles is 1. The Morgan fingerprint density at radius 2 is 2.14 bits per heavy atom. The molecule has 1 aliphatic heterocycles. The number of aromatic nitrogens is 2. The van der Waals surface area contributed by atoms with Crippen molar-refractivity contribution in [2.75, 3.05) is 18.4 Å². The van der Waals surface area contributed by atoms with Crippen molar-refractivity contribution >= 4 is 11.7 Å². The summed E-state index contributed by atoms with van der Waals surface area (Å²) in [6.45, 7) is 1.70. The Morgan fingerprint density at radius 1 is 1.38 bits per heavy atom. The molecule has 0 saturated carbocycles. The van der Waals surface area contributed by atoms with Gasteiger partial charge in [0.2, 0.25) is 5.91 Å². The SMILES string of the molecule is N#CN1CC(C(=O)Nc2cn(Cc3ccccc3)cn2)C1. The molecule has 0 unspecified atom stereocenters. The summed E-state index contributed by atoms with van der Waals surface area (Å²) in [6.07, 6.45) is 5.53. The minimum atomic E-state index is -0.121. The van der Waals surface area contributed by atoms with Gasteiger partial charge in [0.25, 0.3) is 0 Å². The number of hydrogen-bond acceptors (Lipinski definition) is 4. The molecule has 0 atom stereocenters. The van der Waals surface area contributed by atoms with Crippen LogP contribution in [0.2, 0.25) is 0 Å². The van der Waals surface area contributed by atoms with Crippen molar-refractivity contribution in [1.82, 2.24) is 14.5 Å². The van der Waals surface area contributed by atoms with Crippen LogP contribution in [0, 0.1) is 17.4 Å². The lowest BCUT2D eigenvalue weighted by Gasteiger charge is -2.33. The van der Waals surface area contributed by atoms with Crippen LogP contribution < -0.4 is 5.32 Å². The van der Waals surface area contributed by atoms with Gasteiger partial charge in [0.05, 0.1) is 12.2 Å². The zero-order valence-electron chi connectivity index (χ0n) is 11.4. The molecule has 1 amide bonds. The molecule has 0 radical (unpaired) electrons. The van der Waals surface area contributed by atoms with Crippen LogP contribution in [0.1, 0.15) is 5.56 Å². The number of amides is 1. The first-order valence-corrected chi connectivity index (χ1v) is 6.76. The second-order valence-corrected chi connectivity index (χ2v) is 5.11. The van der Waals surface area contributed by atoms with Crippen LogP contribution in [0.5, 0.6) is 0 Å². The molecule has 1 aliphatic rings. The van der Waals surface area contributed by atoms with Gasteiger partial charge in [-0.15, -0.1) is 0 Å². The van der Waals surface area contributed by atoms with Crippen LogP contribution in [0.25, 0.3) is 0 Å². The average Bonchev–Trinajstić information content (AvgIpc) is 2.86. The molecule has 0 aliphatic carbocycles. The van der Waals surface area contributed by atoms with E-state index < -0.39 is 0 Å². The quantitative estimate of drug-likeness (QED) is 0.857. The molecule has 0 spiro atoms. The summed E-state index contributed by atoms with van der Waals surface area (Å²) < 4.78 is 1.92. The molecule has 0 bridgehead atoms. The molecule has 1 saturated heterocycles. The average molecular weight is 281 g/mol. The molecular weight excluding hydrogens is 266 g/mol. The van der Waals surface area contributed by atoms with Crippen molar-refractivity contribution in [3.8, 4) is 6.19 Å². The van der Waals surface area contributed by atoms with E-state index in [4.69, 9.17) is 5.26 Å². The first-order valence-electron chi connectivity index (χ1n) is 6.76. The fourth-order valence-electron chi connectivity index (χ4n) is 2.26. The predicted octanol–water partition coefficient (Wildman–Crippen LogP) is 1.28. The highest BCUT2D eigenvalue weighted by atomic mass is 16.2. The van der Waals surface area contributed by atoms with Gasteiger partial charge in [0.15, 0.2) is 12.0 Å². The van der Waals surface area contributed by atoms with Crippen LogP contribution >= 0.6 is 0 Å². The van der Waals surface area contributed by atoms with E-state index in [1.54, 1.807) is 11.2 Å². The van der Waals surface area contributed by atoms with Gasteiger partial charge in [-0.1, -0.05) is 30.3 Å². The number of carbonyl (C=O) groups is 1. The predicted molar refractivity (Wildman–Crippen MR) is 77.1 cm³/mol. The Balaban J connectivity index is 1.56. The van der Waals surface area contributed by atoms with Gasteiger partial charge in [-0.2, -0.15) is 5.26 Å². The highest BCUT2D eigenvalue weighted by molar-refractivity contribution is 5.92. The zero-order chi connectivity index (χ0) is 14.7. The zero-order valence-corrected chi connectivity index (χ0v) is 11.4. The van der Waals surface area contributed by atoms with Crippen molar-refractivity contribution in [2.24, 2.45) is 5.92 Å². The summed E-state index contributed by atoms with van der Waals surface area (Å²) >= 11 is 0. The van der Waals surface area contributed by atoms with Crippen molar-refractivity contribution < 1.29 is 4.79 Å². The van der Waals surface area contributed by atoms with E-state index in [-0.39, 0.29) is 11.8 Å². The Kier molecular flexibility index (Phi) is 3.56. The largest absolute Gasteiger partial charge is 0.331 e. The number of nitrogens with one attached hydrogen (secondary N) is 1. The first kappa shape index (κ1) is 13.2. The third-order valence-electron chi connectivity index (χ3n) is 3.49. The maximum absolute atomic E-state index is 11.9. The van der Waals surface area contributed by atoms with Gasteiger partial charge < -0.3 is 14.8 Å². The van der Waals surface area contributed by atoms with Gasteiger partial charge in [0, 0.05) is 25.8 Å². The second-order valence-electron chi connectivity index (χ2n) is 5.11. The van der Waals surface area contributed by atoms with Gasteiger partial charge in [-0.05, 0) is 5.56 Å². The molecule has 6 nitrogen and oxygen atoms in total. The van der Waals surface area contributed by atoms with Crippen molar-refractivity contribution in [2.45, 2.75) is 6.54 Å². The molecule has 1 fully saturated rings. The van der Waals surface area contributed by atoms with E-state index in [0.29, 0.717) is 18.9 Å². The lowest BCUT2D eigenvalue weighted by Crippen LogP contribution is -2.49. The molecule has 2 aromatic rings. The van der Waals surface area contributed by atoms with Crippen molar-refractivity contribution in [1.29, 1.82) is 5.26 Å². The molecule has 1 N–H and O–H groups in total. The monoisotopic (exact) mass is 281 g/mol. The van der Waals surface area contributed by atoms with Crippen LogP contribution in [-0.2, 0) is 11.3 Å². The van der Waals surface area contributed by atoms with Crippen molar-refractivity contribution in [3.05, 3.63) is 48.4 Å². The maximum atomic E-state index is 11.9. The molecule has 21 heavy (non-hydrogen) atoms. The van der Waals surface area contributed by atoms with Gasteiger partial charge >= 0.3 is 0 Å². The molecule has 3 rings (SSSR count). The maximum Gasteiger partial charge on any atom is 0.232 e. The minimum absolute atomic E-state index is 0.0774. The smallest absolute Gasteiger partial charge is 0.232 e. The lowest BCUT2D eigenvalue weighted by molar-refractivity contribution is -0.123. The van der Waals surface area contributed by atoms with E-state index in [9.17, 15) is 4.79 Å². The number of nitrogens with zero attached hydrogens (tertiary/aromatic N) is 4. The Labute approximate surface area is 122 Å². The van der Waals surface area contributed by atoms with Crippen LogP contribution in [0.15, 0.2) is 42.9 Å². The lowest BCUT2D eigenvalue weighted by atomic mass is 10.0. The fraction of sp³-hybridized carbons (Fsp3) is 0.267. The van der Waals surface area contributed by atoms with Gasteiger partial charge in [-0.25, -0.2) is 4.98 Å². The normalized spacial score (nSPS) is 14.3. The topological polar surface area (TPSA) is 74.0 Å². The van der Waals surface area contributed by atoms with Gasteiger partial charge in [-0.3, -0.25) is 4.79 Å².